The zero-order valence-electron chi connectivity index (χ0n) is 12.5. The normalized spacial score (nSPS) is 8.63. The van der Waals surface area contributed by atoms with Crippen molar-refractivity contribution < 1.29 is 0 Å². The van der Waals surface area contributed by atoms with Crippen LogP contribution < -0.4 is 0 Å². The van der Waals surface area contributed by atoms with Crippen molar-refractivity contribution in [3.8, 4) is 0 Å². The Balaban J connectivity index is 0.000000303. The first-order chi connectivity index (χ1) is 9.26. The Hall–Kier alpha value is -1.41. The Labute approximate surface area is 122 Å². The number of benzene rings is 1. The van der Waals surface area contributed by atoms with Crippen LogP contribution in [0.4, 0.5) is 0 Å². The summed E-state index contributed by atoms with van der Waals surface area (Å²) in [5, 5.41) is 0. The van der Waals surface area contributed by atoms with Crippen LogP contribution in [0.2, 0.25) is 0 Å². The van der Waals surface area contributed by atoms with E-state index in [1.54, 1.807) is 0 Å². The molecule has 0 spiro atoms. The molecule has 0 bridgehead atoms. The minimum Gasteiger partial charge on any atom is -0.296 e. The van der Waals surface area contributed by atoms with Crippen molar-refractivity contribution in [2.75, 3.05) is 0 Å². The van der Waals surface area contributed by atoms with Gasteiger partial charge in [0, 0.05) is 9.75 Å². The molecule has 0 saturated carbocycles. The van der Waals surface area contributed by atoms with E-state index in [9.17, 15) is 0 Å². The third kappa shape index (κ3) is 8.33. The van der Waals surface area contributed by atoms with Crippen LogP contribution in [-0.2, 0) is 13.0 Å². The highest BCUT2D eigenvalue weighted by Gasteiger charge is 1.89. The lowest BCUT2D eigenvalue weighted by molar-refractivity contribution is 1.08. The van der Waals surface area contributed by atoms with E-state index in [1.807, 2.05) is 55.5 Å². The van der Waals surface area contributed by atoms with Gasteiger partial charge >= 0.3 is 0 Å². The fourth-order valence-electron chi connectivity index (χ4n) is 1.39. The van der Waals surface area contributed by atoms with Crippen LogP contribution in [0.25, 0.3) is 0 Å². The van der Waals surface area contributed by atoms with Crippen molar-refractivity contribution in [1.29, 1.82) is 0 Å². The maximum atomic E-state index is 3.76. The number of rotatable bonds is 3. The first-order valence-corrected chi connectivity index (χ1v) is 7.59. The number of thiophene rings is 1. The average Bonchev–Trinajstić information content (AvgIpc) is 2.89. The van der Waals surface area contributed by atoms with Gasteiger partial charge in [-0.15, -0.1) is 11.3 Å². The van der Waals surface area contributed by atoms with Crippen LogP contribution in [0.15, 0.2) is 47.5 Å². The van der Waals surface area contributed by atoms with Gasteiger partial charge in [-0.1, -0.05) is 51.1 Å². The highest BCUT2D eigenvalue weighted by molar-refractivity contribution is 7.11. The molecule has 1 aromatic carbocycles. The molecule has 104 valence electrons. The lowest BCUT2D eigenvalue weighted by atomic mass is 10.2. The largest absolute Gasteiger partial charge is 0.296 e. The van der Waals surface area contributed by atoms with E-state index in [1.165, 1.54) is 21.7 Å². The third-order valence-electron chi connectivity index (χ3n) is 2.28. The van der Waals surface area contributed by atoms with Crippen LogP contribution in [0.5, 0.6) is 0 Å². The fourth-order valence-corrected chi connectivity index (χ4v) is 2.22. The van der Waals surface area contributed by atoms with E-state index >= 15 is 0 Å². The molecule has 1 aromatic heterocycles. The van der Waals surface area contributed by atoms with Gasteiger partial charge in [0.15, 0.2) is 0 Å². The molecule has 0 aliphatic rings. The summed E-state index contributed by atoms with van der Waals surface area (Å²) in [5.41, 5.74) is 1.22. The Bertz CT molecular complexity index is 432. The van der Waals surface area contributed by atoms with Gasteiger partial charge in [0.05, 0.1) is 6.54 Å². The number of aliphatic imine (C=N–C) groups is 1. The Morgan fingerprint density at radius 3 is 2.05 bits per heavy atom. The van der Waals surface area contributed by atoms with Crippen molar-refractivity contribution in [2.45, 2.75) is 40.7 Å². The summed E-state index contributed by atoms with van der Waals surface area (Å²) in [5.74, 6) is 0. The quantitative estimate of drug-likeness (QED) is 0.653. The second kappa shape index (κ2) is 11.7. The zero-order chi connectivity index (χ0) is 14.5. The summed E-state index contributed by atoms with van der Waals surface area (Å²) < 4.78 is 0. The van der Waals surface area contributed by atoms with E-state index in [-0.39, 0.29) is 0 Å². The highest BCUT2D eigenvalue weighted by Crippen LogP contribution is 2.14. The fraction of sp³-hybridized carbons (Fsp3) is 0.353. The summed E-state index contributed by atoms with van der Waals surface area (Å²) >= 11 is 1.89. The number of aryl methyl sites for hydroxylation is 2. The first-order valence-electron chi connectivity index (χ1n) is 6.78. The van der Waals surface area contributed by atoms with Gasteiger partial charge in [-0.3, -0.25) is 4.99 Å². The molecular weight excluding hydrogens is 250 g/mol. The Kier molecular flexibility index (Phi) is 10.8. The van der Waals surface area contributed by atoms with Crippen molar-refractivity contribution in [3.63, 3.8) is 0 Å². The molecule has 19 heavy (non-hydrogen) atoms. The molecule has 2 aromatic rings. The van der Waals surface area contributed by atoms with Gasteiger partial charge in [0.25, 0.3) is 0 Å². The number of nitrogens with zero attached hydrogens (tertiary/aromatic N) is 1. The first kappa shape index (κ1) is 17.6. The molecule has 0 atom stereocenters. The standard InChI is InChI=1S/C8H9N.C7H10S.C2H6/c1-9-7-8-5-3-2-4-6-8;1-3-7-5-4-6(2)8-7;1-2/h2-6H,1,7H2;4-5H,3H2,1-2H3;1-2H3. The Morgan fingerprint density at radius 2 is 1.68 bits per heavy atom. The van der Waals surface area contributed by atoms with Crippen molar-refractivity contribution >= 4 is 18.1 Å². The van der Waals surface area contributed by atoms with Crippen LogP contribution in [0.3, 0.4) is 0 Å². The smallest absolute Gasteiger partial charge is 0.0632 e. The second-order valence-electron chi connectivity index (χ2n) is 3.73. The molecule has 0 unspecified atom stereocenters. The molecule has 2 rings (SSSR count). The predicted octanol–water partition coefficient (Wildman–Crippen LogP) is 5.53. The highest BCUT2D eigenvalue weighted by atomic mass is 32.1. The van der Waals surface area contributed by atoms with Crippen LogP contribution in [0, 0.1) is 6.92 Å². The molecule has 1 nitrogen and oxygen atoms in total. The molecule has 2 heteroatoms. The van der Waals surface area contributed by atoms with Crippen LogP contribution in [0.1, 0.15) is 36.1 Å². The lowest BCUT2D eigenvalue weighted by Gasteiger charge is -1.90. The average molecular weight is 275 g/mol. The number of hydrogen-bond acceptors (Lipinski definition) is 2. The van der Waals surface area contributed by atoms with Gasteiger partial charge in [-0.2, -0.15) is 0 Å². The third-order valence-corrected chi connectivity index (χ3v) is 3.43. The predicted molar refractivity (Wildman–Crippen MR) is 89.5 cm³/mol. The van der Waals surface area contributed by atoms with Gasteiger partial charge in [-0.25, -0.2) is 0 Å². The molecule has 0 amide bonds. The molecule has 0 N–H and O–H groups in total. The SMILES string of the molecule is C=NCc1ccccc1.CC.CCc1ccc(C)s1. The van der Waals surface area contributed by atoms with E-state index < -0.39 is 0 Å². The van der Waals surface area contributed by atoms with E-state index in [0.29, 0.717) is 0 Å². The van der Waals surface area contributed by atoms with Crippen LogP contribution >= 0.6 is 11.3 Å². The van der Waals surface area contributed by atoms with Crippen LogP contribution in [-0.4, -0.2) is 6.72 Å². The summed E-state index contributed by atoms with van der Waals surface area (Å²) in [6.07, 6.45) is 1.18. The zero-order valence-corrected chi connectivity index (χ0v) is 13.3. The van der Waals surface area contributed by atoms with E-state index in [2.05, 4.69) is 37.7 Å². The van der Waals surface area contributed by atoms with Gasteiger partial charge in [-0.05, 0) is 37.8 Å². The molecule has 0 aliphatic heterocycles. The molecule has 0 fully saturated rings. The number of hydrogen-bond donors (Lipinski definition) is 0. The minimum atomic E-state index is 0.723. The van der Waals surface area contributed by atoms with Crippen molar-refractivity contribution in [3.05, 3.63) is 57.8 Å². The Morgan fingerprint density at radius 1 is 1.05 bits per heavy atom. The van der Waals surface area contributed by atoms with Gasteiger partial charge < -0.3 is 0 Å². The summed E-state index contributed by atoms with van der Waals surface area (Å²) in [4.78, 5) is 6.66. The summed E-state index contributed by atoms with van der Waals surface area (Å²) in [7, 11) is 0. The lowest BCUT2D eigenvalue weighted by Crippen LogP contribution is -1.76. The van der Waals surface area contributed by atoms with Gasteiger partial charge in [0.2, 0.25) is 0 Å². The summed E-state index contributed by atoms with van der Waals surface area (Å²) in [6.45, 7) is 12.5. The van der Waals surface area contributed by atoms with E-state index in [4.69, 9.17) is 0 Å². The molecular formula is C17H25NS. The minimum absolute atomic E-state index is 0.723. The topological polar surface area (TPSA) is 12.4 Å². The monoisotopic (exact) mass is 275 g/mol. The molecule has 0 saturated heterocycles. The van der Waals surface area contributed by atoms with E-state index in [0.717, 1.165) is 6.54 Å². The van der Waals surface area contributed by atoms with Gasteiger partial charge in [0.1, 0.15) is 0 Å². The van der Waals surface area contributed by atoms with Crippen molar-refractivity contribution in [2.24, 2.45) is 4.99 Å². The maximum Gasteiger partial charge on any atom is 0.0632 e. The molecule has 1 heterocycles. The molecule has 0 aliphatic carbocycles. The summed E-state index contributed by atoms with van der Waals surface area (Å²) in [6, 6.07) is 14.4. The second-order valence-corrected chi connectivity index (χ2v) is 5.11. The maximum absolute atomic E-state index is 3.76. The molecule has 0 radical (unpaired) electrons. The van der Waals surface area contributed by atoms with Crippen molar-refractivity contribution in [1.82, 2.24) is 0 Å².